The highest BCUT2D eigenvalue weighted by molar-refractivity contribution is 5.99. The van der Waals surface area contributed by atoms with Crippen molar-refractivity contribution < 1.29 is 19.4 Å². The first-order valence-corrected chi connectivity index (χ1v) is 8.31. The molecule has 2 aromatic carbocycles. The van der Waals surface area contributed by atoms with Crippen LogP contribution in [-0.2, 0) is 17.6 Å². The van der Waals surface area contributed by atoms with Crippen molar-refractivity contribution in [3.8, 4) is 11.5 Å². The van der Waals surface area contributed by atoms with Crippen molar-refractivity contribution in [3.63, 3.8) is 0 Å². The Hall–Kier alpha value is -2.33. The van der Waals surface area contributed by atoms with Gasteiger partial charge in [-0.05, 0) is 32.6 Å². The third kappa shape index (κ3) is 3.02. The fraction of sp³-hybridized carbons (Fsp3) is 0.350. The molecule has 0 aromatic heterocycles. The molecule has 0 saturated carbocycles. The Bertz CT molecular complexity index is 792. The highest BCUT2D eigenvalue weighted by atomic mass is 16.5. The van der Waals surface area contributed by atoms with Gasteiger partial charge in [-0.15, -0.1) is 0 Å². The third-order valence-electron chi connectivity index (χ3n) is 4.31. The molecule has 1 aliphatic rings. The van der Waals surface area contributed by atoms with E-state index in [-0.39, 0.29) is 13.2 Å². The Kier molecular flexibility index (Phi) is 4.86. The van der Waals surface area contributed by atoms with Gasteiger partial charge >= 0.3 is 5.97 Å². The standard InChI is InChI=1S/C20H22O4/c1-13(2)20(22)24-19-16-9-5-3-7-14(16)18(23-12-11-21)15-8-4-6-10-17(15)19/h3,5,7,9,21H,1,4,6,8,10-12H2,2H3. The van der Waals surface area contributed by atoms with E-state index in [1.165, 1.54) is 0 Å². The van der Waals surface area contributed by atoms with E-state index in [1.54, 1.807) is 6.92 Å². The van der Waals surface area contributed by atoms with Crippen LogP contribution >= 0.6 is 0 Å². The SMILES string of the molecule is C=C(C)C(=O)Oc1c2c(c(OCCO)c3ccccc13)CCCC2. The molecular weight excluding hydrogens is 304 g/mol. The fourth-order valence-electron chi connectivity index (χ4n) is 3.22. The second-order valence-corrected chi connectivity index (χ2v) is 6.11. The molecule has 1 N–H and O–H groups in total. The second kappa shape index (κ2) is 7.05. The molecule has 0 atom stereocenters. The van der Waals surface area contributed by atoms with Gasteiger partial charge in [-0.3, -0.25) is 0 Å². The van der Waals surface area contributed by atoms with Gasteiger partial charge in [-0.25, -0.2) is 4.79 Å². The molecule has 0 bridgehead atoms. The molecule has 0 fully saturated rings. The van der Waals surface area contributed by atoms with Crippen LogP contribution in [0.4, 0.5) is 0 Å². The molecule has 0 amide bonds. The Morgan fingerprint density at radius 1 is 1.12 bits per heavy atom. The molecule has 126 valence electrons. The molecule has 4 nitrogen and oxygen atoms in total. The van der Waals surface area contributed by atoms with Crippen LogP contribution in [0.3, 0.4) is 0 Å². The molecule has 0 unspecified atom stereocenters. The third-order valence-corrected chi connectivity index (χ3v) is 4.31. The van der Waals surface area contributed by atoms with Crippen molar-refractivity contribution in [3.05, 3.63) is 47.5 Å². The molecule has 4 heteroatoms. The Balaban J connectivity index is 2.23. The predicted molar refractivity (Wildman–Crippen MR) is 93.6 cm³/mol. The van der Waals surface area contributed by atoms with Crippen molar-refractivity contribution in [2.75, 3.05) is 13.2 Å². The average molecular weight is 326 g/mol. The zero-order chi connectivity index (χ0) is 17.1. The summed E-state index contributed by atoms with van der Waals surface area (Å²) >= 11 is 0. The number of fused-ring (bicyclic) bond motifs is 2. The minimum atomic E-state index is -0.406. The van der Waals surface area contributed by atoms with Crippen molar-refractivity contribution in [1.82, 2.24) is 0 Å². The summed E-state index contributed by atoms with van der Waals surface area (Å²) in [5.41, 5.74) is 2.52. The smallest absolute Gasteiger partial charge is 0.338 e. The largest absolute Gasteiger partial charge is 0.490 e. The zero-order valence-corrected chi connectivity index (χ0v) is 13.9. The lowest BCUT2D eigenvalue weighted by atomic mass is 9.87. The van der Waals surface area contributed by atoms with E-state index in [1.807, 2.05) is 24.3 Å². The highest BCUT2D eigenvalue weighted by Gasteiger charge is 2.25. The van der Waals surface area contributed by atoms with Crippen LogP contribution in [-0.4, -0.2) is 24.3 Å². The molecule has 0 aliphatic heterocycles. The molecule has 0 spiro atoms. The first kappa shape index (κ1) is 16.5. The first-order chi connectivity index (χ1) is 11.6. The first-order valence-electron chi connectivity index (χ1n) is 8.31. The second-order valence-electron chi connectivity index (χ2n) is 6.11. The fourth-order valence-corrected chi connectivity index (χ4v) is 3.22. The maximum atomic E-state index is 12.1. The number of carbonyl (C=O) groups excluding carboxylic acids is 1. The summed E-state index contributed by atoms with van der Waals surface area (Å²) in [6.45, 7) is 5.54. The predicted octanol–water partition coefficient (Wildman–Crippen LogP) is 3.57. The normalized spacial score (nSPS) is 13.4. The summed E-state index contributed by atoms with van der Waals surface area (Å²) < 4.78 is 11.6. The average Bonchev–Trinajstić information content (AvgIpc) is 2.60. The van der Waals surface area contributed by atoms with Gasteiger partial charge in [0.25, 0.3) is 0 Å². The van der Waals surface area contributed by atoms with Gasteiger partial charge in [0.2, 0.25) is 0 Å². The van der Waals surface area contributed by atoms with E-state index < -0.39 is 5.97 Å². The van der Waals surface area contributed by atoms with Gasteiger partial charge in [-0.2, -0.15) is 0 Å². The van der Waals surface area contributed by atoms with E-state index in [9.17, 15) is 4.79 Å². The van der Waals surface area contributed by atoms with Gasteiger partial charge in [0, 0.05) is 27.5 Å². The van der Waals surface area contributed by atoms with Crippen LogP contribution in [0.5, 0.6) is 11.5 Å². The maximum Gasteiger partial charge on any atom is 0.338 e. The monoisotopic (exact) mass is 326 g/mol. The van der Waals surface area contributed by atoms with Gasteiger partial charge in [0.15, 0.2) is 0 Å². The molecule has 3 rings (SSSR count). The zero-order valence-electron chi connectivity index (χ0n) is 13.9. The molecular formula is C20H22O4. The van der Waals surface area contributed by atoms with Crippen molar-refractivity contribution in [1.29, 1.82) is 0 Å². The number of ether oxygens (including phenoxy) is 2. The quantitative estimate of drug-likeness (QED) is 0.518. The van der Waals surface area contributed by atoms with Crippen LogP contribution in [0, 0.1) is 0 Å². The van der Waals surface area contributed by atoms with Gasteiger partial charge in [-0.1, -0.05) is 30.8 Å². The van der Waals surface area contributed by atoms with E-state index in [4.69, 9.17) is 14.6 Å². The summed E-state index contributed by atoms with van der Waals surface area (Å²) in [5.74, 6) is 1.03. The minimum absolute atomic E-state index is 0.0322. The lowest BCUT2D eigenvalue weighted by Crippen LogP contribution is -2.15. The Labute approximate surface area is 141 Å². The summed E-state index contributed by atoms with van der Waals surface area (Å²) in [4.78, 5) is 12.1. The topological polar surface area (TPSA) is 55.8 Å². The number of esters is 1. The minimum Gasteiger partial charge on any atom is -0.490 e. The number of rotatable bonds is 5. The van der Waals surface area contributed by atoms with Crippen LogP contribution < -0.4 is 9.47 Å². The molecule has 0 saturated heterocycles. The van der Waals surface area contributed by atoms with Gasteiger partial charge < -0.3 is 14.6 Å². The summed E-state index contributed by atoms with van der Waals surface area (Å²) in [6, 6.07) is 7.77. The molecule has 0 radical (unpaired) electrons. The van der Waals surface area contributed by atoms with Crippen LogP contribution in [0.2, 0.25) is 0 Å². The van der Waals surface area contributed by atoms with Crippen LogP contribution in [0.1, 0.15) is 30.9 Å². The van der Waals surface area contributed by atoms with Gasteiger partial charge in [0.1, 0.15) is 18.1 Å². The number of aliphatic hydroxyl groups is 1. The maximum absolute atomic E-state index is 12.1. The van der Waals surface area contributed by atoms with Crippen LogP contribution in [0.15, 0.2) is 36.4 Å². The molecule has 0 heterocycles. The highest BCUT2D eigenvalue weighted by Crippen LogP contribution is 2.44. The lowest BCUT2D eigenvalue weighted by Gasteiger charge is -2.24. The number of aliphatic hydroxyl groups excluding tert-OH is 1. The van der Waals surface area contributed by atoms with Crippen LogP contribution in [0.25, 0.3) is 10.8 Å². The van der Waals surface area contributed by atoms with E-state index >= 15 is 0 Å². The summed E-state index contributed by atoms with van der Waals surface area (Å²) in [7, 11) is 0. The van der Waals surface area contributed by atoms with E-state index in [2.05, 4.69) is 6.58 Å². The molecule has 1 aliphatic carbocycles. The Morgan fingerprint density at radius 2 is 1.71 bits per heavy atom. The number of hydrogen-bond acceptors (Lipinski definition) is 4. The lowest BCUT2D eigenvalue weighted by molar-refractivity contribution is -0.130. The van der Waals surface area contributed by atoms with E-state index in [0.29, 0.717) is 11.3 Å². The van der Waals surface area contributed by atoms with Gasteiger partial charge in [0.05, 0.1) is 6.61 Å². The molecule has 2 aromatic rings. The molecule has 24 heavy (non-hydrogen) atoms. The van der Waals surface area contributed by atoms with E-state index in [0.717, 1.165) is 53.3 Å². The summed E-state index contributed by atoms with van der Waals surface area (Å²) in [6.07, 6.45) is 3.88. The van der Waals surface area contributed by atoms with Crippen molar-refractivity contribution >= 4 is 16.7 Å². The summed E-state index contributed by atoms with van der Waals surface area (Å²) in [5, 5.41) is 10.9. The number of hydrogen-bond donors (Lipinski definition) is 1. The number of benzene rings is 2. The van der Waals surface area contributed by atoms with Crippen molar-refractivity contribution in [2.24, 2.45) is 0 Å². The Morgan fingerprint density at radius 3 is 2.29 bits per heavy atom. The van der Waals surface area contributed by atoms with Crippen molar-refractivity contribution in [2.45, 2.75) is 32.6 Å². The number of carbonyl (C=O) groups is 1.